The lowest BCUT2D eigenvalue weighted by molar-refractivity contribution is -0.125. The number of thiazole rings is 1. The van der Waals surface area contributed by atoms with Crippen molar-refractivity contribution in [1.82, 2.24) is 15.2 Å². The highest BCUT2D eigenvalue weighted by Crippen LogP contribution is 2.32. The maximum Gasteiger partial charge on any atom is 0.223 e. The van der Waals surface area contributed by atoms with Crippen LogP contribution in [0.4, 0.5) is 4.39 Å². The number of nitrogens with one attached hydrogen (secondary N) is 1. The zero-order chi connectivity index (χ0) is 18.5. The van der Waals surface area contributed by atoms with Gasteiger partial charge >= 0.3 is 0 Å². The van der Waals surface area contributed by atoms with Crippen molar-refractivity contribution >= 4 is 17.2 Å². The van der Waals surface area contributed by atoms with Crippen LogP contribution in [-0.2, 0) is 11.3 Å². The summed E-state index contributed by atoms with van der Waals surface area (Å²) in [5, 5.41) is 6.10. The van der Waals surface area contributed by atoms with Crippen LogP contribution >= 0.6 is 11.3 Å². The molecule has 2 unspecified atom stereocenters. The zero-order valence-corrected chi connectivity index (χ0v) is 16.1. The molecule has 4 nitrogen and oxygen atoms in total. The first kappa shape index (κ1) is 19.0. The molecule has 1 saturated heterocycles. The standard InChI is InChI=1S/C20H26FN3OS/c1-14(2)19(25)23-18(20-22-9-11-26-20)16-7-5-10-24(13-16)12-15-6-3-4-8-17(15)21/h3-4,6,8-9,11,14,16,18H,5,7,10,12-13H2,1-2H3,(H,23,25). The largest absolute Gasteiger partial charge is 0.346 e. The highest BCUT2D eigenvalue weighted by molar-refractivity contribution is 7.09. The van der Waals surface area contributed by atoms with Gasteiger partial charge in [0.25, 0.3) is 0 Å². The Bertz CT molecular complexity index is 720. The highest BCUT2D eigenvalue weighted by Gasteiger charge is 2.31. The molecule has 0 saturated carbocycles. The maximum absolute atomic E-state index is 14.0. The lowest BCUT2D eigenvalue weighted by Crippen LogP contribution is -2.43. The first-order chi connectivity index (χ1) is 12.5. The lowest BCUT2D eigenvalue weighted by Gasteiger charge is -2.37. The van der Waals surface area contributed by atoms with Gasteiger partial charge in [0.15, 0.2) is 0 Å². The van der Waals surface area contributed by atoms with E-state index < -0.39 is 0 Å². The number of amides is 1. The second-order valence-corrected chi connectivity index (χ2v) is 8.17. The summed E-state index contributed by atoms with van der Waals surface area (Å²) in [5.41, 5.74) is 0.727. The van der Waals surface area contributed by atoms with E-state index in [1.54, 1.807) is 23.6 Å². The van der Waals surface area contributed by atoms with Crippen LogP contribution in [0, 0.1) is 17.7 Å². The number of piperidine rings is 1. The van der Waals surface area contributed by atoms with Crippen molar-refractivity contribution in [3.63, 3.8) is 0 Å². The Labute approximate surface area is 158 Å². The fraction of sp³-hybridized carbons (Fsp3) is 0.500. The summed E-state index contributed by atoms with van der Waals surface area (Å²) in [5.74, 6) is 0.121. The van der Waals surface area contributed by atoms with Gasteiger partial charge in [-0.15, -0.1) is 11.3 Å². The van der Waals surface area contributed by atoms with E-state index >= 15 is 0 Å². The zero-order valence-electron chi connectivity index (χ0n) is 15.3. The molecule has 0 bridgehead atoms. The monoisotopic (exact) mass is 375 g/mol. The van der Waals surface area contributed by atoms with E-state index in [0.29, 0.717) is 6.54 Å². The van der Waals surface area contributed by atoms with Crippen LogP contribution in [-0.4, -0.2) is 28.9 Å². The lowest BCUT2D eigenvalue weighted by atomic mass is 9.90. The molecular weight excluding hydrogens is 349 g/mol. The molecule has 1 aliphatic heterocycles. The third-order valence-electron chi connectivity index (χ3n) is 4.90. The van der Waals surface area contributed by atoms with Gasteiger partial charge in [0.2, 0.25) is 5.91 Å². The minimum absolute atomic E-state index is 0.0522. The third-order valence-corrected chi connectivity index (χ3v) is 5.76. The van der Waals surface area contributed by atoms with Crippen molar-refractivity contribution in [1.29, 1.82) is 0 Å². The second kappa shape index (κ2) is 8.73. The SMILES string of the molecule is CC(C)C(=O)NC(c1nccs1)C1CCCN(Cc2ccccc2F)C1. The van der Waals surface area contributed by atoms with Crippen LogP contribution in [0.1, 0.15) is 43.3 Å². The van der Waals surface area contributed by atoms with Crippen LogP contribution in [0.5, 0.6) is 0 Å². The van der Waals surface area contributed by atoms with Gasteiger partial charge in [0, 0.05) is 36.1 Å². The van der Waals surface area contributed by atoms with Crippen molar-refractivity contribution in [2.45, 2.75) is 39.3 Å². The number of hydrogen-bond donors (Lipinski definition) is 1. The molecule has 26 heavy (non-hydrogen) atoms. The van der Waals surface area contributed by atoms with Crippen LogP contribution < -0.4 is 5.32 Å². The molecule has 1 N–H and O–H groups in total. The van der Waals surface area contributed by atoms with Crippen molar-refractivity contribution in [2.75, 3.05) is 13.1 Å². The molecular formula is C20H26FN3OS. The molecule has 0 radical (unpaired) electrons. The molecule has 1 aromatic heterocycles. The Morgan fingerprint density at radius 1 is 1.42 bits per heavy atom. The number of halogens is 1. The molecule has 0 spiro atoms. The Morgan fingerprint density at radius 3 is 2.92 bits per heavy atom. The van der Waals surface area contributed by atoms with Crippen LogP contribution in [0.25, 0.3) is 0 Å². The van der Waals surface area contributed by atoms with Gasteiger partial charge in [0.1, 0.15) is 10.8 Å². The summed E-state index contributed by atoms with van der Waals surface area (Å²) in [6, 6.07) is 6.88. The van der Waals surface area contributed by atoms with E-state index in [2.05, 4.69) is 15.2 Å². The van der Waals surface area contributed by atoms with E-state index in [9.17, 15) is 9.18 Å². The molecule has 140 valence electrons. The van der Waals surface area contributed by atoms with Crippen molar-refractivity contribution < 1.29 is 9.18 Å². The van der Waals surface area contributed by atoms with Gasteiger partial charge < -0.3 is 5.32 Å². The van der Waals surface area contributed by atoms with Crippen molar-refractivity contribution in [3.8, 4) is 0 Å². The van der Waals surface area contributed by atoms with E-state index in [4.69, 9.17) is 0 Å². The average Bonchev–Trinajstić information content (AvgIpc) is 3.16. The van der Waals surface area contributed by atoms with Gasteiger partial charge in [0.05, 0.1) is 6.04 Å². The van der Waals surface area contributed by atoms with Crippen LogP contribution in [0.3, 0.4) is 0 Å². The molecule has 1 fully saturated rings. The van der Waals surface area contributed by atoms with Gasteiger partial charge in [-0.1, -0.05) is 32.0 Å². The Hall–Kier alpha value is -1.79. The molecule has 2 heterocycles. The Morgan fingerprint density at radius 2 is 2.23 bits per heavy atom. The summed E-state index contributed by atoms with van der Waals surface area (Å²) in [4.78, 5) is 19.0. The van der Waals surface area contributed by atoms with Crippen LogP contribution in [0.15, 0.2) is 35.8 Å². The summed E-state index contributed by atoms with van der Waals surface area (Å²) in [7, 11) is 0. The average molecular weight is 376 g/mol. The highest BCUT2D eigenvalue weighted by atomic mass is 32.1. The van der Waals surface area contributed by atoms with Crippen molar-refractivity contribution in [2.24, 2.45) is 11.8 Å². The third kappa shape index (κ3) is 4.68. The van der Waals surface area contributed by atoms with Gasteiger partial charge in [-0.3, -0.25) is 9.69 Å². The quantitative estimate of drug-likeness (QED) is 0.830. The minimum atomic E-state index is -0.154. The summed E-state index contributed by atoms with van der Waals surface area (Å²) in [6.45, 7) is 6.19. The summed E-state index contributed by atoms with van der Waals surface area (Å²) < 4.78 is 14.0. The number of benzene rings is 1. The molecule has 1 amide bonds. The molecule has 1 aromatic carbocycles. The van der Waals surface area contributed by atoms with Crippen LogP contribution in [0.2, 0.25) is 0 Å². The van der Waals surface area contributed by atoms with E-state index in [1.165, 1.54) is 6.07 Å². The minimum Gasteiger partial charge on any atom is -0.346 e. The van der Waals surface area contributed by atoms with E-state index in [-0.39, 0.29) is 29.6 Å². The number of carbonyl (C=O) groups is 1. The van der Waals surface area contributed by atoms with E-state index in [1.807, 2.05) is 31.4 Å². The molecule has 6 heteroatoms. The number of carbonyl (C=O) groups excluding carboxylic acids is 1. The predicted octanol–water partition coefficient (Wildman–Crippen LogP) is 4.01. The fourth-order valence-corrected chi connectivity index (χ4v) is 4.24. The molecule has 2 aromatic rings. The number of nitrogens with zero attached hydrogens (tertiary/aromatic N) is 2. The Kier molecular flexibility index (Phi) is 6.38. The molecule has 1 aliphatic rings. The molecule has 3 rings (SSSR count). The molecule has 2 atom stereocenters. The number of hydrogen-bond acceptors (Lipinski definition) is 4. The summed E-state index contributed by atoms with van der Waals surface area (Å²) in [6.07, 6.45) is 3.86. The van der Waals surface area contributed by atoms with E-state index in [0.717, 1.165) is 36.5 Å². The fourth-order valence-electron chi connectivity index (χ4n) is 3.46. The Balaban J connectivity index is 1.72. The number of aromatic nitrogens is 1. The van der Waals surface area contributed by atoms with Gasteiger partial charge in [-0.2, -0.15) is 0 Å². The van der Waals surface area contributed by atoms with Crippen molar-refractivity contribution in [3.05, 3.63) is 52.2 Å². The van der Waals surface area contributed by atoms with Gasteiger partial charge in [-0.05, 0) is 31.4 Å². The number of rotatable bonds is 6. The first-order valence-corrected chi connectivity index (χ1v) is 10.1. The van der Waals surface area contributed by atoms with Gasteiger partial charge in [-0.25, -0.2) is 9.37 Å². The maximum atomic E-state index is 14.0. The smallest absolute Gasteiger partial charge is 0.223 e. The summed E-state index contributed by atoms with van der Waals surface area (Å²) >= 11 is 1.58. The second-order valence-electron chi connectivity index (χ2n) is 7.24. The first-order valence-electron chi connectivity index (χ1n) is 9.20. The normalized spacial score (nSPS) is 19.5. The number of likely N-dealkylation sites (tertiary alicyclic amines) is 1. The topological polar surface area (TPSA) is 45.2 Å². The predicted molar refractivity (Wildman–Crippen MR) is 102 cm³/mol. The molecule has 0 aliphatic carbocycles.